The summed E-state index contributed by atoms with van der Waals surface area (Å²) in [4.78, 5) is 50.5. The molecule has 188 valence electrons. The Morgan fingerprint density at radius 3 is 2.42 bits per heavy atom. The Labute approximate surface area is 189 Å². The molecule has 0 aliphatic carbocycles. The lowest BCUT2D eigenvalue weighted by molar-refractivity contribution is -0.707. The molecule has 1 rings (SSSR count). The first kappa shape index (κ1) is 27.8. The minimum absolute atomic E-state index is 0.226. The maximum atomic E-state index is 12.4. The average molecular weight is 496 g/mol. The zero-order valence-electron chi connectivity index (χ0n) is 17.7. The van der Waals surface area contributed by atoms with Crippen LogP contribution in [-0.4, -0.2) is 102 Å². The lowest BCUT2D eigenvalue weighted by atomic mass is 10.1. The molecule has 0 radical (unpaired) electrons. The summed E-state index contributed by atoms with van der Waals surface area (Å²) in [7, 11) is -4.03. The highest BCUT2D eigenvalue weighted by atomic mass is 32.2. The maximum Gasteiger partial charge on any atom is 0.322 e. The minimum atomic E-state index is -4.03. The van der Waals surface area contributed by atoms with Gasteiger partial charge in [0, 0.05) is 6.42 Å². The summed E-state index contributed by atoms with van der Waals surface area (Å²) >= 11 is 0. The van der Waals surface area contributed by atoms with Crippen LogP contribution in [-0.2, 0) is 33.9 Å². The Bertz CT molecular complexity index is 843. The van der Waals surface area contributed by atoms with Crippen LogP contribution in [0.4, 0.5) is 0 Å². The summed E-state index contributed by atoms with van der Waals surface area (Å²) < 4.78 is 24.7. The fourth-order valence-electron chi connectivity index (χ4n) is 2.66. The summed E-state index contributed by atoms with van der Waals surface area (Å²) in [6, 6.07) is -2.98. The molecule has 2 amide bonds. The van der Waals surface area contributed by atoms with Crippen LogP contribution in [0.3, 0.4) is 0 Å². The van der Waals surface area contributed by atoms with Crippen LogP contribution in [0.1, 0.15) is 25.7 Å². The largest absolute Gasteiger partial charge is 0.569 e. The number of carboxylic acids is 2. The van der Waals surface area contributed by atoms with Crippen LogP contribution in [0.5, 0.6) is 0 Å². The number of nitrogens with two attached hydrogens (primary N) is 1. The molecule has 0 aromatic carbocycles. The topological polar surface area (TPSA) is 244 Å². The van der Waals surface area contributed by atoms with Crippen molar-refractivity contribution < 1.29 is 47.6 Å². The van der Waals surface area contributed by atoms with Crippen molar-refractivity contribution >= 4 is 33.6 Å². The Balaban J connectivity index is 2.67. The lowest BCUT2D eigenvalue weighted by Crippen LogP contribution is -2.51. The molecule has 0 unspecified atom stereocenters. The van der Waals surface area contributed by atoms with Crippen LogP contribution in [0.2, 0.25) is 0 Å². The van der Waals surface area contributed by atoms with Gasteiger partial charge in [-0.3, -0.25) is 19.2 Å². The SMILES string of the molecule is N[C@@H](CCC(=O)N[C@@H](CS(=O)(=O)CCO/N=[N+](\[O-])N1CCCC1)C(=O)NCC(=O)O)C(=O)O. The van der Waals surface area contributed by atoms with E-state index in [0.29, 0.717) is 13.1 Å². The fourth-order valence-corrected chi connectivity index (χ4v) is 3.90. The molecule has 1 heterocycles. The van der Waals surface area contributed by atoms with Crippen molar-refractivity contribution in [2.75, 3.05) is 37.7 Å². The van der Waals surface area contributed by atoms with E-state index < -0.39 is 76.8 Å². The van der Waals surface area contributed by atoms with E-state index in [1.54, 1.807) is 0 Å². The van der Waals surface area contributed by atoms with Crippen LogP contribution in [0.25, 0.3) is 0 Å². The predicted octanol–water partition coefficient (Wildman–Crippen LogP) is -2.82. The van der Waals surface area contributed by atoms with E-state index in [4.69, 9.17) is 20.8 Å². The van der Waals surface area contributed by atoms with E-state index in [1.165, 1.54) is 5.01 Å². The number of aliphatic carboxylic acids is 2. The molecule has 0 bridgehead atoms. The van der Waals surface area contributed by atoms with Gasteiger partial charge in [0.25, 0.3) is 0 Å². The zero-order valence-corrected chi connectivity index (χ0v) is 18.5. The molecular weight excluding hydrogens is 468 g/mol. The molecule has 0 aromatic rings. The number of hydrazine groups is 1. The first-order chi connectivity index (χ1) is 15.4. The average Bonchev–Trinajstić information content (AvgIpc) is 3.27. The van der Waals surface area contributed by atoms with Crippen molar-refractivity contribution in [1.82, 2.24) is 15.6 Å². The summed E-state index contributed by atoms with van der Waals surface area (Å²) in [5.41, 5.74) is 5.30. The quantitative estimate of drug-likeness (QED) is 0.0667. The van der Waals surface area contributed by atoms with Gasteiger partial charge in [-0.2, -0.15) is 0 Å². The Morgan fingerprint density at radius 2 is 1.85 bits per heavy atom. The highest BCUT2D eigenvalue weighted by molar-refractivity contribution is 7.91. The summed E-state index contributed by atoms with van der Waals surface area (Å²) in [5, 5.41) is 37.8. The van der Waals surface area contributed by atoms with E-state index in [0.717, 1.165) is 12.8 Å². The van der Waals surface area contributed by atoms with Gasteiger partial charge in [-0.05, 0) is 19.3 Å². The molecule has 17 heteroatoms. The standard InChI is InChI=1S/C16H28N6O10S/c17-11(16(27)28)3-4-13(23)19-12(15(26)18-9-14(24)25)10-33(30,31)8-7-32-20-22(29)21-5-1-2-6-21/h11-12H,1-10,17H2,(H,18,26)(H,19,23)(H,24,25)(H,27,28)/b22-20-/t11-,12-/m0/s1. The van der Waals surface area contributed by atoms with Crippen LogP contribution < -0.4 is 16.4 Å². The van der Waals surface area contributed by atoms with Crippen LogP contribution in [0.15, 0.2) is 5.28 Å². The van der Waals surface area contributed by atoms with Gasteiger partial charge in [0.05, 0.1) is 29.6 Å². The summed E-state index contributed by atoms with van der Waals surface area (Å²) in [5.74, 6) is -6.19. The molecule has 0 spiro atoms. The van der Waals surface area contributed by atoms with Gasteiger partial charge < -0.3 is 36.6 Å². The van der Waals surface area contributed by atoms with E-state index >= 15 is 0 Å². The second-order valence-electron chi connectivity index (χ2n) is 7.16. The number of nitrogens with one attached hydrogen (secondary N) is 2. The highest BCUT2D eigenvalue weighted by Crippen LogP contribution is 2.07. The van der Waals surface area contributed by atoms with Crippen molar-refractivity contribution in [2.24, 2.45) is 11.0 Å². The Hall–Kier alpha value is -3.21. The molecule has 1 saturated heterocycles. The lowest BCUT2D eigenvalue weighted by Gasteiger charge is -2.18. The number of nitrogens with zero attached hydrogens (tertiary/aromatic N) is 3. The van der Waals surface area contributed by atoms with Crippen molar-refractivity contribution in [3.8, 4) is 0 Å². The zero-order chi connectivity index (χ0) is 25.0. The Morgan fingerprint density at radius 1 is 1.21 bits per heavy atom. The molecule has 16 nitrogen and oxygen atoms in total. The predicted molar refractivity (Wildman–Crippen MR) is 109 cm³/mol. The molecule has 0 aromatic heterocycles. The first-order valence-corrected chi connectivity index (χ1v) is 11.8. The molecule has 2 atom stereocenters. The molecule has 1 fully saturated rings. The van der Waals surface area contributed by atoms with Gasteiger partial charge in [0.2, 0.25) is 17.1 Å². The highest BCUT2D eigenvalue weighted by Gasteiger charge is 2.28. The van der Waals surface area contributed by atoms with E-state index in [1.807, 2.05) is 5.32 Å². The van der Waals surface area contributed by atoms with Crippen LogP contribution >= 0.6 is 0 Å². The molecule has 6 N–H and O–H groups in total. The second-order valence-corrected chi connectivity index (χ2v) is 9.39. The van der Waals surface area contributed by atoms with Gasteiger partial charge in [0.1, 0.15) is 25.2 Å². The first-order valence-electron chi connectivity index (χ1n) is 9.94. The number of carbonyl (C=O) groups is 4. The molecule has 1 aliphatic heterocycles. The van der Waals surface area contributed by atoms with Crippen molar-refractivity contribution in [1.29, 1.82) is 0 Å². The molecule has 33 heavy (non-hydrogen) atoms. The monoisotopic (exact) mass is 496 g/mol. The smallest absolute Gasteiger partial charge is 0.322 e. The number of amides is 2. The van der Waals surface area contributed by atoms with Gasteiger partial charge in [-0.1, -0.05) is 0 Å². The van der Waals surface area contributed by atoms with Crippen molar-refractivity contribution in [3.63, 3.8) is 0 Å². The number of sulfone groups is 1. The number of carboxylic acid groups (broad SMARTS) is 2. The number of hydrogen-bond acceptors (Lipinski definition) is 10. The molecule has 0 saturated carbocycles. The van der Waals surface area contributed by atoms with E-state index in [-0.39, 0.29) is 11.4 Å². The fraction of sp³-hybridized carbons (Fsp3) is 0.750. The third-order valence-corrected chi connectivity index (χ3v) is 6.05. The third kappa shape index (κ3) is 11.3. The molecule has 1 aliphatic rings. The van der Waals surface area contributed by atoms with Gasteiger partial charge in [0.15, 0.2) is 9.84 Å². The minimum Gasteiger partial charge on any atom is -0.569 e. The third-order valence-electron chi connectivity index (χ3n) is 4.42. The van der Waals surface area contributed by atoms with Gasteiger partial charge in [-0.25, -0.2) is 8.42 Å². The van der Waals surface area contributed by atoms with Gasteiger partial charge >= 0.3 is 11.9 Å². The molecular formula is C16H28N6O10S. The van der Waals surface area contributed by atoms with Crippen molar-refractivity contribution in [2.45, 2.75) is 37.8 Å². The van der Waals surface area contributed by atoms with E-state index in [2.05, 4.69) is 10.6 Å². The van der Waals surface area contributed by atoms with Crippen LogP contribution in [0, 0.1) is 5.21 Å². The Kier molecular flexibility index (Phi) is 11.3. The van der Waals surface area contributed by atoms with E-state index in [9.17, 15) is 32.8 Å². The van der Waals surface area contributed by atoms with Gasteiger partial charge in [-0.15, -0.1) is 5.01 Å². The number of carbonyl (C=O) groups excluding carboxylic acids is 2. The normalized spacial score (nSPS) is 16.0. The number of hydrogen-bond donors (Lipinski definition) is 5. The number of rotatable bonds is 15. The second kappa shape index (κ2) is 13.4. The summed E-state index contributed by atoms with van der Waals surface area (Å²) in [6.45, 7) is -0.315. The summed E-state index contributed by atoms with van der Waals surface area (Å²) in [6.07, 6.45) is 0.966. The maximum absolute atomic E-state index is 12.4. The van der Waals surface area contributed by atoms with Crippen molar-refractivity contribution in [3.05, 3.63) is 5.21 Å².